The molecule has 20 heavy (non-hydrogen) atoms. The summed E-state index contributed by atoms with van der Waals surface area (Å²) in [5.74, 6) is 0.141. The number of likely N-dealkylation sites (tertiary alicyclic amines) is 1. The molecule has 1 unspecified atom stereocenters. The van der Waals surface area contributed by atoms with Crippen molar-refractivity contribution in [3.63, 3.8) is 0 Å². The van der Waals surface area contributed by atoms with Gasteiger partial charge in [-0.2, -0.15) is 5.10 Å². The third-order valence-electron chi connectivity index (χ3n) is 4.25. The lowest BCUT2D eigenvalue weighted by Gasteiger charge is -2.33. The summed E-state index contributed by atoms with van der Waals surface area (Å²) in [5.41, 5.74) is 0.315. The van der Waals surface area contributed by atoms with Crippen molar-refractivity contribution in [3.8, 4) is 0 Å². The molecule has 1 spiro atoms. The van der Waals surface area contributed by atoms with Crippen LogP contribution in [0.25, 0.3) is 0 Å². The van der Waals surface area contributed by atoms with E-state index in [1.54, 1.807) is 17.1 Å². The average molecular weight is 319 g/mol. The van der Waals surface area contributed by atoms with E-state index in [-0.39, 0.29) is 24.9 Å². The van der Waals surface area contributed by atoms with Crippen LogP contribution < -0.4 is 5.32 Å². The Morgan fingerprint density at radius 1 is 1.50 bits per heavy atom. The van der Waals surface area contributed by atoms with Crippen molar-refractivity contribution in [3.05, 3.63) is 17.4 Å². The van der Waals surface area contributed by atoms with E-state index in [1.165, 1.54) is 12.8 Å². The first-order valence-corrected chi connectivity index (χ1v) is 7.21. The largest absolute Gasteiger partial charge is 0.340 e. The summed E-state index contributed by atoms with van der Waals surface area (Å²) in [7, 11) is 0. The van der Waals surface area contributed by atoms with Crippen molar-refractivity contribution in [2.45, 2.75) is 25.8 Å². The Hall–Kier alpha value is -0.780. The van der Waals surface area contributed by atoms with E-state index in [0.717, 1.165) is 32.6 Å². The van der Waals surface area contributed by atoms with Crippen LogP contribution >= 0.6 is 24.0 Å². The lowest BCUT2D eigenvalue weighted by Crippen LogP contribution is -2.43. The van der Waals surface area contributed by atoms with Crippen LogP contribution in [0.4, 0.5) is 0 Å². The molecule has 1 atom stereocenters. The van der Waals surface area contributed by atoms with Crippen LogP contribution in [0.2, 0.25) is 5.02 Å². The molecule has 0 aliphatic carbocycles. The van der Waals surface area contributed by atoms with Gasteiger partial charge in [0, 0.05) is 31.2 Å². The lowest BCUT2D eigenvalue weighted by molar-refractivity contribution is -0.131. The summed E-state index contributed by atoms with van der Waals surface area (Å²) < 4.78 is 1.61. The van der Waals surface area contributed by atoms with Crippen LogP contribution in [0.1, 0.15) is 19.3 Å². The van der Waals surface area contributed by atoms with Gasteiger partial charge in [-0.3, -0.25) is 9.48 Å². The minimum Gasteiger partial charge on any atom is -0.340 e. The van der Waals surface area contributed by atoms with Gasteiger partial charge in [0.05, 0.1) is 11.2 Å². The number of halogens is 2. The number of nitrogens with zero attached hydrogens (tertiary/aromatic N) is 3. The second-order valence-corrected chi connectivity index (χ2v) is 6.14. The van der Waals surface area contributed by atoms with Gasteiger partial charge >= 0.3 is 0 Å². The molecule has 112 valence electrons. The highest BCUT2D eigenvalue weighted by molar-refractivity contribution is 6.30. The SMILES string of the molecule is Cl.O=C(Cn1cc(Cl)cn1)N1CCC2(CCCNC2)C1. The topological polar surface area (TPSA) is 50.2 Å². The van der Waals surface area contributed by atoms with Crippen LogP contribution in [-0.2, 0) is 11.3 Å². The molecule has 7 heteroatoms. The Balaban J connectivity index is 0.00000147. The van der Waals surface area contributed by atoms with E-state index >= 15 is 0 Å². The number of rotatable bonds is 2. The fraction of sp³-hybridized carbons (Fsp3) is 0.692. The fourth-order valence-corrected chi connectivity index (χ4v) is 3.35. The molecule has 0 aromatic carbocycles. The molecule has 3 heterocycles. The van der Waals surface area contributed by atoms with Gasteiger partial charge in [-0.05, 0) is 25.8 Å². The summed E-state index contributed by atoms with van der Waals surface area (Å²) >= 11 is 5.80. The predicted octanol–water partition coefficient (Wildman–Crippen LogP) is 1.56. The van der Waals surface area contributed by atoms with Crippen molar-refractivity contribution in [2.75, 3.05) is 26.2 Å². The number of carbonyl (C=O) groups excluding carboxylic acids is 1. The molecule has 5 nitrogen and oxygen atoms in total. The van der Waals surface area contributed by atoms with Crippen molar-refractivity contribution < 1.29 is 4.79 Å². The Bertz CT molecular complexity index is 471. The summed E-state index contributed by atoms with van der Waals surface area (Å²) in [5, 5.41) is 8.08. The number of piperidine rings is 1. The normalized spacial score (nSPS) is 25.8. The van der Waals surface area contributed by atoms with E-state index in [1.807, 2.05) is 4.90 Å². The number of carbonyl (C=O) groups is 1. The van der Waals surface area contributed by atoms with Gasteiger partial charge in [-0.15, -0.1) is 12.4 Å². The molecule has 2 aliphatic rings. The maximum Gasteiger partial charge on any atom is 0.244 e. The Kier molecular flexibility index (Phi) is 4.94. The summed E-state index contributed by atoms with van der Waals surface area (Å²) in [6.45, 7) is 4.20. The minimum absolute atomic E-state index is 0. The van der Waals surface area contributed by atoms with Crippen LogP contribution in [0.5, 0.6) is 0 Å². The van der Waals surface area contributed by atoms with Gasteiger partial charge in [-0.25, -0.2) is 0 Å². The van der Waals surface area contributed by atoms with E-state index in [2.05, 4.69) is 10.4 Å². The van der Waals surface area contributed by atoms with Crippen LogP contribution in [0.15, 0.2) is 12.4 Å². The average Bonchev–Trinajstić information content (AvgIpc) is 2.98. The molecule has 0 bridgehead atoms. The van der Waals surface area contributed by atoms with E-state index in [4.69, 9.17) is 11.6 Å². The first-order chi connectivity index (χ1) is 9.17. The van der Waals surface area contributed by atoms with Crippen molar-refractivity contribution in [1.82, 2.24) is 20.0 Å². The van der Waals surface area contributed by atoms with Gasteiger partial charge in [0.15, 0.2) is 0 Å². The number of hydrogen-bond donors (Lipinski definition) is 1. The number of aromatic nitrogens is 2. The summed E-state index contributed by atoms with van der Waals surface area (Å²) in [6.07, 6.45) is 6.82. The highest BCUT2D eigenvalue weighted by atomic mass is 35.5. The Morgan fingerprint density at radius 3 is 3.00 bits per heavy atom. The maximum atomic E-state index is 12.3. The third-order valence-corrected chi connectivity index (χ3v) is 4.45. The minimum atomic E-state index is 0. The van der Waals surface area contributed by atoms with Gasteiger partial charge in [0.2, 0.25) is 5.91 Å². The molecule has 1 N–H and O–H groups in total. The molecule has 2 fully saturated rings. The number of hydrogen-bond acceptors (Lipinski definition) is 3. The van der Waals surface area contributed by atoms with Gasteiger partial charge in [-0.1, -0.05) is 11.6 Å². The fourth-order valence-electron chi connectivity index (χ4n) is 3.19. The van der Waals surface area contributed by atoms with Gasteiger partial charge < -0.3 is 10.2 Å². The van der Waals surface area contributed by atoms with E-state index < -0.39 is 0 Å². The zero-order valence-electron chi connectivity index (χ0n) is 11.3. The molecular formula is C13H20Cl2N4O. The van der Waals surface area contributed by atoms with E-state index in [0.29, 0.717) is 10.4 Å². The molecule has 2 aliphatic heterocycles. The number of amides is 1. The van der Waals surface area contributed by atoms with Crippen molar-refractivity contribution in [1.29, 1.82) is 0 Å². The molecule has 0 radical (unpaired) electrons. The second kappa shape index (κ2) is 6.33. The van der Waals surface area contributed by atoms with Crippen LogP contribution in [0.3, 0.4) is 0 Å². The summed E-state index contributed by atoms with van der Waals surface area (Å²) in [6, 6.07) is 0. The predicted molar refractivity (Wildman–Crippen MR) is 80.2 cm³/mol. The van der Waals surface area contributed by atoms with Crippen molar-refractivity contribution >= 4 is 29.9 Å². The highest BCUT2D eigenvalue weighted by Gasteiger charge is 2.40. The standard InChI is InChI=1S/C13H19ClN4O.ClH/c14-11-6-16-18(7-11)8-12(19)17-5-3-13(10-17)2-1-4-15-9-13;/h6-7,15H,1-5,8-10H2;1H. The van der Waals surface area contributed by atoms with E-state index in [9.17, 15) is 4.79 Å². The molecule has 3 rings (SSSR count). The molecule has 1 aromatic heterocycles. The van der Waals surface area contributed by atoms with Crippen LogP contribution in [0, 0.1) is 5.41 Å². The van der Waals surface area contributed by atoms with Crippen LogP contribution in [-0.4, -0.2) is 46.8 Å². The Morgan fingerprint density at radius 2 is 2.35 bits per heavy atom. The molecule has 2 saturated heterocycles. The molecule has 1 aromatic rings. The molecule has 1 amide bonds. The quantitative estimate of drug-likeness (QED) is 0.900. The van der Waals surface area contributed by atoms with Gasteiger partial charge in [0.1, 0.15) is 6.54 Å². The third kappa shape index (κ3) is 3.27. The maximum absolute atomic E-state index is 12.3. The van der Waals surface area contributed by atoms with Gasteiger partial charge in [0.25, 0.3) is 0 Å². The lowest BCUT2D eigenvalue weighted by atomic mass is 9.80. The monoisotopic (exact) mass is 318 g/mol. The number of nitrogens with one attached hydrogen (secondary N) is 1. The Labute approximate surface area is 130 Å². The zero-order valence-corrected chi connectivity index (χ0v) is 12.9. The first kappa shape index (κ1) is 15.6. The molecular weight excluding hydrogens is 299 g/mol. The smallest absolute Gasteiger partial charge is 0.244 e. The first-order valence-electron chi connectivity index (χ1n) is 6.83. The second-order valence-electron chi connectivity index (χ2n) is 5.70. The van der Waals surface area contributed by atoms with Crippen molar-refractivity contribution in [2.24, 2.45) is 5.41 Å². The summed E-state index contributed by atoms with van der Waals surface area (Å²) in [4.78, 5) is 14.2. The highest BCUT2D eigenvalue weighted by Crippen LogP contribution is 2.36. The molecule has 0 saturated carbocycles. The zero-order chi connectivity index (χ0) is 13.3.